The normalized spacial score (nSPS) is 12.1. The van der Waals surface area contributed by atoms with Gasteiger partial charge in [-0.25, -0.2) is 27.5 Å². The van der Waals surface area contributed by atoms with E-state index in [0.29, 0.717) is 22.1 Å². The van der Waals surface area contributed by atoms with E-state index in [9.17, 15) is 17.6 Å². The highest BCUT2D eigenvalue weighted by molar-refractivity contribution is 5.79. The summed E-state index contributed by atoms with van der Waals surface area (Å²) in [4.78, 5) is 7.96. The Morgan fingerprint density at radius 3 is 1.83 bits per heavy atom. The number of alkyl halides is 4. The third kappa shape index (κ3) is 2.67. The molecule has 0 aliphatic carbocycles. The number of para-hydroxylation sites is 4. The van der Waals surface area contributed by atoms with Gasteiger partial charge in [-0.15, -0.1) is 0 Å². The van der Waals surface area contributed by atoms with E-state index >= 15 is 0 Å². The van der Waals surface area contributed by atoms with Crippen molar-refractivity contribution in [3.63, 3.8) is 0 Å². The molecule has 10 heteroatoms. The number of hydrogen-bond donors (Lipinski definition) is 1. The molecule has 0 amide bonds. The quantitative estimate of drug-likeness (QED) is 0.434. The van der Waals surface area contributed by atoms with Gasteiger partial charge in [-0.2, -0.15) is 5.10 Å². The predicted molar refractivity (Wildman–Crippen MR) is 97.8 cm³/mol. The molecule has 0 atom stereocenters. The second kappa shape index (κ2) is 6.43. The standard InChI is InChI=1S/C19H12F4N6/c20-16(21)18-24-10-5-1-3-7-12(10)28(18)14-9-15(27-26-14)29-13-8-4-2-6-11(13)25-19(29)17(22)23/h1-9,16-17H,(H,26,27). The van der Waals surface area contributed by atoms with E-state index < -0.39 is 24.5 Å². The maximum absolute atomic E-state index is 13.6. The van der Waals surface area contributed by atoms with Crippen molar-refractivity contribution in [2.75, 3.05) is 0 Å². The number of H-pyrrole nitrogens is 1. The van der Waals surface area contributed by atoms with Gasteiger partial charge in [0.05, 0.1) is 22.1 Å². The van der Waals surface area contributed by atoms with Crippen LogP contribution in [0, 0.1) is 0 Å². The molecular formula is C19H12F4N6. The highest BCUT2D eigenvalue weighted by atomic mass is 19.3. The molecule has 5 rings (SSSR count). The molecule has 1 N–H and O–H groups in total. The largest absolute Gasteiger partial charge is 0.296 e. The zero-order chi connectivity index (χ0) is 20.1. The van der Waals surface area contributed by atoms with E-state index in [4.69, 9.17) is 0 Å². The lowest BCUT2D eigenvalue weighted by molar-refractivity contribution is 0.138. The lowest BCUT2D eigenvalue weighted by Crippen LogP contribution is -2.02. The Morgan fingerprint density at radius 2 is 1.24 bits per heavy atom. The summed E-state index contributed by atoms with van der Waals surface area (Å²) >= 11 is 0. The van der Waals surface area contributed by atoms with Gasteiger partial charge in [0.25, 0.3) is 12.9 Å². The SMILES string of the molecule is FC(F)c1nc2ccccc2n1-c1cc(-n2c(C(F)F)nc3ccccc32)[nH]n1. The van der Waals surface area contributed by atoms with Gasteiger partial charge in [0, 0.05) is 6.07 Å². The average molecular weight is 400 g/mol. The minimum atomic E-state index is -2.84. The van der Waals surface area contributed by atoms with Gasteiger partial charge in [-0.05, 0) is 24.3 Å². The summed E-state index contributed by atoms with van der Waals surface area (Å²) < 4.78 is 56.7. The molecule has 0 saturated heterocycles. The Bertz CT molecular complexity index is 1230. The molecule has 2 aromatic carbocycles. The van der Waals surface area contributed by atoms with Gasteiger partial charge < -0.3 is 0 Å². The summed E-state index contributed by atoms with van der Waals surface area (Å²) in [6.07, 6.45) is -5.67. The number of rotatable bonds is 4. The van der Waals surface area contributed by atoms with Crippen molar-refractivity contribution in [2.45, 2.75) is 12.9 Å². The summed E-state index contributed by atoms with van der Waals surface area (Å²) in [5.41, 5.74) is 1.65. The van der Waals surface area contributed by atoms with Gasteiger partial charge in [0.2, 0.25) is 0 Å². The first kappa shape index (κ1) is 17.4. The fraction of sp³-hybridized carbons (Fsp3) is 0.105. The molecule has 3 heterocycles. The van der Waals surface area contributed by atoms with Crippen molar-refractivity contribution in [3.8, 4) is 11.6 Å². The van der Waals surface area contributed by atoms with Crippen LogP contribution in [0.1, 0.15) is 24.5 Å². The van der Waals surface area contributed by atoms with Crippen LogP contribution in [0.2, 0.25) is 0 Å². The number of imidazole rings is 2. The van der Waals surface area contributed by atoms with Gasteiger partial charge >= 0.3 is 0 Å². The van der Waals surface area contributed by atoms with Crippen molar-refractivity contribution in [2.24, 2.45) is 0 Å². The van der Waals surface area contributed by atoms with Crippen LogP contribution in [0.15, 0.2) is 54.6 Å². The van der Waals surface area contributed by atoms with Crippen LogP contribution in [-0.4, -0.2) is 29.3 Å². The summed E-state index contributed by atoms with van der Waals surface area (Å²) in [7, 11) is 0. The van der Waals surface area contributed by atoms with E-state index in [1.165, 1.54) is 15.2 Å². The molecule has 0 saturated carbocycles. The Morgan fingerprint density at radius 1 is 0.724 bits per heavy atom. The fourth-order valence-electron chi connectivity index (χ4n) is 3.41. The lowest BCUT2D eigenvalue weighted by atomic mass is 10.3. The molecule has 0 aliphatic heterocycles. The Kier molecular flexibility index (Phi) is 3.86. The van der Waals surface area contributed by atoms with Crippen LogP contribution in [0.4, 0.5) is 17.6 Å². The van der Waals surface area contributed by atoms with Gasteiger partial charge in [-0.1, -0.05) is 24.3 Å². The molecule has 0 bridgehead atoms. The van der Waals surface area contributed by atoms with Crippen molar-refractivity contribution >= 4 is 22.1 Å². The maximum Gasteiger partial charge on any atom is 0.296 e. The molecule has 0 radical (unpaired) electrons. The topological polar surface area (TPSA) is 64.3 Å². The molecule has 146 valence electrons. The first-order chi connectivity index (χ1) is 14.0. The van der Waals surface area contributed by atoms with Gasteiger partial charge in [0.15, 0.2) is 17.5 Å². The van der Waals surface area contributed by atoms with Gasteiger partial charge in [0.1, 0.15) is 5.82 Å². The second-order valence-electron chi connectivity index (χ2n) is 6.30. The number of halogens is 4. The number of aromatic nitrogens is 6. The van der Waals surface area contributed by atoms with Crippen molar-refractivity contribution in [1.29, 1.82) is 0 Å². The number of benzene rings is 2. The highest BCUT2D eigenvalue weighted by Gasteiger charge is 2.24. The number of nitrogens with one attached hydrogen (secondary N) is 1. The molecule has 6 nitrogen and oxygen atoms in total. The van der Waals surface area contributed by atoms with Crippen molar-refractivity contribution in [1.82, 2.24) is 29.3 Å². The molecule has 5 aromatic rings. The molecule has 0 fully saturated rings. The number of nitrogens with zero attached hydrogens (tertiary/aromatic N) is 5. The number of hydrogen-bond acceptors (Lipinski definition) is 3. The van der Waals surface area contributed by atoms with E-state index in [-0.39, 0.29) is 11.6 Å². The minimum absolute atomic E-state index is 0.113. The molecular weight excluding hydrogens is 388 g/mol. The first-order valence-corrected chi connectivity index (χ1v) is 8.62. The minimum Gasteiger partial charge on any atom is -0.276 e. The molecule has 0 unspecified atom stereocenters. The fourth-order valence-corrected chi connectivity index (χ4v) is 3.41. The number of aromatic amines is 1. The van der Waals surface area contributed by atoms with Crippen molar-refractivity contribution < 1.29 is 17.6 Å². The van der Waals surface area contributed by atoms with E-state index in [0.717, 1.165) is 0 Å². The third-order valence-electron chi connectivity index (χ3n) is 4.58. The second-order valence-corrected chi connectivity index (χ2v) is 6.30. The Hall–Kier alpha value is -3.69. The predicted octanol–water partition coefficient (Wildman–Crippen LogP) is 4.96. The van der Waals surface area contributed by atoms with E-state index in [2.05, 4.69) is 20.2 Å². The van der Waals surface area contributed by atoms with Crippen LogP contribution < -0.4 is 0 Å². The van der Waals surface area contributed by atoms with Crippen LogP contribution in [-0.2, 0) is 0 Å². The zero-order valence-corrected chi connectivity index (χ0v) is 14.6. The summed E-state index contributed by atoms with van der Waals surface area (Å²) in [6.45, 7) is 0. The van der Waals surface area contributed by atoms with Crippen LogP contribution >= 0.6 is 0 Å². The Balaban J connectivity index is 1.73. The zero-order valence-electron chi connectivity index (χ0n) is 14.6. The highest BCUT2D eigenvalue weighted by Crippen LogP contribution is 2.30. The first-order valence-electron chi connectivity index (χ1n) is 8.62. The summed E-state index contributed by atoms with van der Waals surface area (Å²) in [6, 6.07) is 14.7. The third-order valence-corrected chi connectivity index (χ3v) is 4.58. The van der Waals surface area contributed by atoms with Crippen LogP contribution in [0.5, 0.6) is 0 Å². The van der Waals surface area contributed by atoms with E-state index in [1.54, 1.807) is 48.5 Å². The smallest absolute Gasteiger partial charge is 0.276 e. The summed E-state index contributed by atoms with van der Waals surface area (Å²) in [5, 5.41) is 6.75. The average Bonchev–Trinajstić information content (AvgIpc) is 3.41. The molecule has 0 spiro atoms. The van der Waals surface area contributed by atoms with Gasteiger partial charge in [-0.3, -0.25) is 14.2 Å². The lowest BCUT2D eigenvalue weighted by Gasteiger charge is -2.06. The maximum atomic E-state index is 13.6. The molecule has 29 heavy (non-hydrogen) atoms. The summed E-state index contributed by atoms with van der Waals surface area (Å²) in [5.74, 6) is -0.649. The monoisotopic (exact) mass is 400 g/mol. The number of fused-ring (bicyclic) bond motifs is 2. The van der Waals surface area contributed by atoms with Crippen molar-refractivity contribution in [3.05, 3.63) is 66.2 Å². The van der Waals surface area contributed by atoms with Crippen LogP contribution in [0.25, 0.3) is 33.7 Å². The van der Waals surface area contributed by atoms with Crippen LogP contribution in [0.3, 0.4) is 0 Å². The molecule has 0 aliphatic rings. The Labute approximate surface area is 160 Å². The molecule has 3 aromatic heterocycles. The van der Waals surface area contributed by atoms with E-state index in [1.807, 2.05) is 0 Å².